The molecule has 0 saturated heterocycles. The van der Waals surface area contributed by atoms with E-state index in [9.17, 15) is 0 Å². The van der Waals surface area contributed by atoms with Crippen molar-refractivity contribution in [1.29, 1.82) is 0 Å². The topological polar surface area (TPSA) is 17.8 Å². The van der Waals surface area contributed by atoms with Crippen molar-refractivity contribution in [3.63, 3.8) is 0 Å². The summed E-state index contributed by atoms with van der Waals surface area (Å²) in [6.45, 7) is 14.2. The van der Waals surface area contributed by atoms with Gasteiger partial charge in [0.15, 0.2) is 0 Å². The Labute approximate surface area is 119 Å². The standard InChI is InChI=1S/C14H26N2.C3H6/c1-6-11(2)8-7-9-12(3)14-10-16(5)13(4)15-14;1-3-2/h10-12H,6-9H2,1-5H3;3H,1H2,2H3. The van der Waals surface area contributed by atoms with Gasteiger partial charge in [-0.2, -0.15) is 0 Å². The molecule has 1 aromatic heterocycles. The minimum absolute atomic E-state index is 0.601. The summed E-state index contributed by atoms with van der Waals surface area (Å²) < 4.78 is 2.11. The Kier molecular flexibility index (Phi) is 9.28. The molecular formula is C17H32N2. The van der Waals surface area contributed by atoms with Crippen molar-refractivity contribution in [2.24, 2.45) is 13.0 Å². The van der Waals surface area contributed by atoms with Crippen LogP contribution in [0.5, 0.6) is 0 Å². The third kappa shape index (κ3) is 7.19. The minimum Gasteiger partial charge on any atom is -0.338 e. The van der Waals surface area contributed by atoms with Crippen molar-refractivity contribution < 1.29 is 0 Å². The van der Waals surface area contributed by atoms with E-state index in [0.717, 1.165) is 11.7 Å². The van der Waals surface area contributed by atoms with E-state index in [1.165, 1.54) is 31.4 Å². The van der Waals surface area contributed by atoms with Crippen molar-refractivity contribution in [2.75, 3.05) is 0 Å². The van der Waals surface area contributed by atoms with Gasteiger partial charge in [0, 0.05) is 13.2 Å². The molecule has 2 nitrogen and oxygen atoms in total. The summed E-state index contributed by atoms with van der Waals surface area (Å²) >= 11 is 0. The lowest BCUT2D eigenvalue weighted by Gasteiger charge is -2.11. The van der Waals surface area contributed by atoms with E-state index in [4.69, 9.17) is 0 Å². The van der Waals surface area contributed by atoms with Crippen molar-refractivity contribution in [2.45, 2.75) is 66.2 Å². The number of aromatic nitrogens is 2. The van der Waals surface area contributed by atoms with Crippen LogP contribution in [0.3, 0.4) is 0 Å². The first-order valence-electron chi connectivity index (χ1n) is 7.53. The summed E-state index contributed by atoms with van der Waals surface area (Å²) in [5, 5.41) is 0. The van der Waals surface area contributed by atoms with Crippen LogP contribution >= 0.6 is 0 Å². The van der Waals surface area contributed by atoms with Gasteiger partial charge in [-0.3, -0.25) is 0 Å². The van der Waals surface area contributed by atoms with Crippen LogP contribution in [0, 0.1) is 12.8 Å². The van der Waals surface area contributed by atoms with E-state index in [0.29, 0.717) is 5.92 Å². The molecule has 0 fully saturated rings. The summed E-state index contributed by atoms with van der Waals surface area (Å²) in [5.41, 5.74) is 1.25. The van der Waals surface area contributed by atoms with Gasteiger partial charge in [0.2, 0.25) is 0 Å². The molecule has 110 valence electrons. The Bertz CT molecular complexity index is 333. The molecule has 0 aliphatic carbocycles. The molecule has 2 heteroatoms. The SMILES string of the molecule is C=CC.CCC(C)CCCC(C)c1cn(C)c(C)n1. The van der Waals surface area contributed by atoms with Gasteiger partial charge in [0.1, 0.15) is 5.82 Å². The second-order valence-corrected chi connectivity index (χ2v) is 5.58. The lowest BCUT2D eigenvalue weighted by Crippen LogP contribution is -1.97. The number of allylic oxidation sites excluding steroid dienone is 1. The fraction of sp³-hybridized carbons (Fsp3) is 0.706. The van der Waals surface area contributed by atoms with E-state index in [-0.39, 0.29) is 0 Å². The number of imidazole rings is 1. The van der Waals surface area contributed by atoms with Crippen LogP contribution in [0.25, 0.3) is 0 Å². The number of rotatable bonds is 6. The lowest BCUT2D eigenvalue weighted by molar-refractivity contribution is 0.467. The zero-order chi connectivity index (χ0) is 14.8. The summed E-state index contributed by atoms with van der Waals surface area (Å²) in [6.07, 6.45) is 9.17. The van der Waals surface area contributed by atoms with Gasteiger partial charge in [-0.15, -0.1) is 6.58 Å². The second-order valence-electron chi connectivity index (χ2n) is 5.58. The second kappa shape index (κ2) is 9.82. The monoisotopic (exact) mass is 264 g/mol. The largest absolute Gasteiger partial charge is 0.338 e. The van der Waals surface area contributed by atoms with E-state index in [2.05, 4.69) is 57.1 Å². The van der Waals surface area contributed by atoms with Gasteiger partial charge in [0.05, 0.1) is 5.69 Å². The highest BCUT2D eigenvalue weighted by Gasteiger charge is 2.10. The molecule has 0 aliphatic heterocycles. The molecule has 2 unspecified atom stereocenters. The molecule has 0 spiro atoms. The van der Waals surface area contributed by atoms with Crippen LogP contribution in [0.2, 0.25) is 0 Å². The van der Waals surface area contributed by atoms with Crippen molar-refractivity contribution >= 4 is 0 Å². The molecule has 2 atom stereocenters. The summed E-state index contributed by atoms with van der Waals surface area (Å²) in [6, 6.07) is 0. The Hall–Kier alpha value is -1.05. The van der Waals surface area contributed by atoms with Gasteiger partial charge in [-0.05, 0) is 32.1 Å². The number of hydrogen-bond acceptors (Lipinski definition) is 1. The molecular weight excluding hydrogens is 232 g/mol. The first-order valence-corrected chi connectivity index (χ1v) is 7.53. The molecule has 1 rings (SSSR count). The van der Waals surface area contributed by atoms with E-state index in [1.807, 2.05) is 6.92 Å². The van der Waals surface area contributed by atoms with Crippen molar-refractivity contribution in [3.8, 4) is 0 Å². The van der Waals surface area contributed by atoms with Gasteiger partial charge in [0.25, 0.3) is 0 Å². The quantitative estimate of drug-likeness (QED) is 0.642. The normalized spacial score (nSPS) is 13.4. The van der Waals surface area contributed by atoms with Crippen molar-refractivity contribution in [3.05, 3.63) is 30.4 Å². The Balaban J connectivity index is 0.000000982. The maximum absolute atomic E-state index is 4.59. The predicted molar refractivity (Wildman–Crippen MR) is 85.5 cm³/mol. The average molecular weight is 264 g/mol. The molecule has 19 heavy (non-hydrogen) atoms. The fourth-order valence-electron chi connectivity index (χ4n) is 1.95. The highest BCUT2D eigenvalue weighted by Crippen LogP contribution is 2.22. The first kappa shape index (κ1) is 17.9. The molecule has 0 N–H and O–H groups in total. The van der Waals surface area contributed by atoms with Crippen LogP contribution in [-0.2, 0) is 7.05 Å². The Morgan fingerprint density at radius 3 is 2.37 bits per heavy atom. The Morgan fingerprint density at radius 2 is 1.95 bits per heavy atom. The smallest absolute Gasteiger partial charge is 0.105 e. The maximum Gasteiger partial charge on any atom is 0.105 e. The van der Waals surface area contributed by atoms with Crippen LogP contribution in [0.4, 0.5) is 0 Å². The summed E-state index contributed by atoms with van der Waals surface area (Å²) in [7, 11) is 2.07. The molecule has 0 amide bonds. The van der Waals surface area contributed by atoms with Gasteiger partial charge in [-0.25, -0.2) is 4.98 Å². The van der Waals surface area contributed by atoms with Gasteiger partial charge in [-0.1, -0.05) is 46.1 Å². The molecule has 0 saturated carbocycles. The number of aryl methyl sites for hydroxylation is 2. The average Bonchev–Trinajstić information content (AvgIpc) is 2.70. The fourth-order valence-corrected chi connectivity index (χ4v) is 1.95. The minimum atomic E-state index is 0.601. The van der Waals surface area contributed by atoms with Crippen LogP contribution in [0.1, 0.15) is 70.8 Å². The third-order valence-corrected chi connectivity index (χ3v) is 3.66. The Morgan fingerprint density at radius 1 is 1.37 bits per heavy atom. The molecule has 0 radical (unpaired) electrons. The van der Waals surface area contributed by atoms with E-state index in [1.54, 1.807) is 6.08 Å². The van der Waals surface area contributed by atoms with Crippen LogP contribution in [-0.4, -0.2) is 9.55 Å². The zero-order valence-electron chi connectivity index (χ0n) is 13.7. The molecule has 0 aromatic carbocycles. The number of nitrogens with zero attached hydrogens (tertiary/aromatic N) is 2. The highest BCUT2D eigenvalue weighted by atomic mass is 15.0. The van der Waals surface area contributed by atoms with E-state index >= 15 is 0 Å². The zero-order valence-corrected chi connectivity index (χ0v) is 13.7. The van der Waals surface area contributed by atoms with Crippen molar-refractivity contribution in [1.82, 2.24) is 9.55 Å². The lowest BCUT2D eigenvalue weighted by atomic mass is 9.96. The van der Waals surface area contributed by atoms with Gasteiger partial charge >= 0.3 is 0 Å². The molecule has 0 aliphatic rings. The van der Waals surface area contributed by atoms with Crippen LogP contribution in [0.15, 0.2) is 18.9 Å². The first-order chi connectivity index (χ1) is 8.96. The molecule has 0 bridgehead atoms. The summed E-state index contributed by atoms with van der Waals surface area (Å²) in [5.74, 6) is 2.59. The van der Waals surface area contributed by atoms with Crippen LogP contribution < -0.4 is 0 Å². The summed E-state index contributed by atoms with van der Waals surface area (Å²) in [4.78, 5) is 4.59. The third-order valence-electron chi connectivity index (χ3n) is 3.66. The maximum atomic E-state index is 4.59. The van der Waals surface area contributed by atoms with Gasteiger partial charge < -0.3 is 4.57 Å². The number of hydrogen-bond donors (Lipinski definition) is 0. The predicted octanol–water partition coefficient (Wildman–Crippen LogP) is 5.24. The molecule has 1 heterocycles. The highest BCUT2D eigenvalue weighted by molar-refractivity contribution is 5.07. The molecule has 1 aromatic rings. The van der Waals surface area contributed by atoms with E-state index < -0.39 is 0 Å².